The van der Waals surface area contributed by atoms with Crippen molar-refractivity contribution >= 4 is 15.9 Å². The predicted octanol–water partition coefficient (Wildman–Crippen LogP) is 2.94. The van der Waals surface area contributed by atoms with Crippen LogP contribution in [0.25, 0.3) is 0 Å². The molecule has 1 aliphatic heterocycles. The van der Waals surface area contributed by atoms with E-state index >= 15 is 0 Å². The van der Waals surface area contributed by atoms with Crippen LogP contribution in [-0.4, -0.2) is 32.4 Å². The molecule has 1 aliphatic rings. The second-order valence-corrected chi connectivity index (χ2v) is 5.83. The molecule has 0 bridgehead atoms. The first-order valence-electron chi connectivity index (χ1n) is 6.88. The van der Waals surface area contributed by atoms with E-state index in [9.17, 15) is 0 Å². The van der Waals surface area contributed by atoms with Gasteiger partial charge in [-0.3, -0.25) is 0 Å². The van der Waals surface area contributed by atoms with E-state index in [1.165, 1.54) is 11.1 Å². The highest BCUT2D eigenvalue weighted by atomic mass is 79.9. The first-order valence-corrected chi connectivity index (χ1v) is 7.68. The van der Waals surface area contributed by atoms with Crippen LogP contribution in [0.1, 0.15) is 25.0 Å². The van der Waals surface area contributed by atoms with Crippen LogP contribution in [0.5, 0.6) is 5.75 Å². The molecule has 0 aliphatic carbocycles. The van der Waals surface area contributed by atoms with Gasteiger partial charge in [0.15, 0.2) is 0 Å². The predicted molar refractivity (Wildman–Crippen MR) is 81.0 cm³/mol. The van der Waals surface area contributed by atoms with Crippen molar-refractivity contribution in [3.05, 3.63) is 27.7 Å². The number of ether oxygens (including phenoxy) is 2. The summed E-state index contributed by atoms with van der Waals surface area (Å²) in [6.07, 6.45) is 2.11. The average Bonchev–Trinajstić information content (AvgIpc) is 2.83. The third-order valence-corrected chi connectivity index (χ3v) is 4.09. The molecule has 1 N–H and O–H groups in total. The van der Waals surface area contributed by atoms with Gasteiger partial charge in [-0.25, -0.2) is 0 Å². The quantitative estimate of drug-likeness (QED) is 0.871. The third kappa shape index (κ3) is 3.50. The van der Waals surface area contributed by atoms with Gasteiger partial charge in [0.1, 0.15) is 5.75 Å². The monoisotopic (exact) mass is 327 g/mol. The Labute approximate surface area is 123 Å². The molecule has 1 aromatic carbocycles. The zero-order valence-corrected chi connectivity index (χ0v) is 13.4. The van der Waals surface area contributed by atoms with E-state index in [4.69, 9.17) is 9.47 Å². The zero-order valence-electron chi connectivity index (χ0n) is 11.8. The Morgan fingerprint density at radius 1 is 1.47 bits per heavy atom. The maximum Gasteiger partial charge on any atom is 0.125 e. The number of hydrogen-bond acceptors (Lipinski definition) is 3. The van der Waals surface area contributed by atoms with E-state index in [1.807, 2.05) is 14.0 Å². The lowest BCUT2D eigenvalue weighted by molar-refractivity contribution is 0.0495. The minimum Gasteiger partial charge on any atom is -0.493 e. The van der Waals surface area contributed by atoms with Crippen LogP contribution in [-0.2, 0) is 17.6 Å². The number of likely N-dealkylation sites (N-methyl/N-ethyl adjacent to an activating group) is 1. The van der Waals surface area contributed by atoms with Crippen molar-refractivity contribution in [2.24, 2.45) is 0 Å². The van der Waals surface area contributed by atoms with E-state index in [-0.39, 0.29) is 6.10 Å². The second-order valence-electron chi connectivity index (χ2n) is 4.91. The van der Waals surface area contributed by atoms with Gasteiger partial charge in [0, 0.05) is 23.5 Å². The van der Waals surface area contributed by atoms with Crippen molar-refractivity contribution in [1.82, 2.24) is 5.32 Å². The summed E-state index contributed by atoms with van der Waals surface area (Å²) in [5.74, 6) is 1.08. The first kappa shape index (κ1) is 14.8. The van der Waals surface area contributed by atoms with Crippen LogP contribution in [0, 0.1) is 0 Å². The van der Waals surface area contributed by atoms with E-state index in [1.54, 1.807) is 0 Å². The molecule has 106 valence electrons. The standard InChI is InChI=1S/C15H22BrNO2/c1-4-18-10(2)14(17-3)9-12-8-13(16)7-11-5-6-19-15(11)12/h7-8,10,14,17H,4-6,9H2,1-3H3. The molecule has 0 aromatic heterocycles. The van der Waals surface area contributed by atoms with Gasteiger partial charge in [-0.2, -0.15) is 0 Å². The van der Waals surface area contributed by atoms with Crippen LogP contribution < -0.4 is 10.1 Å². The van der Waals surface area contributed by atoms with Gasteiger partial charge < -0.3 is 14.8 Å². The Morgan fingerprint density at radius 2 is 2.26 bits per heavy atom. The number of benzene rings is 1. The maximum absolute atomic E-state index is 5.78. The van der Waals surface area contributed by atoms with Gasteiger partial charge in [-0.05, 0) is 50.6 Å². The molecular weight excluding hydrogens is 306 g/mol. The number of fused-ring (bicyclic) bond motifs is 1. The fourth-order valence-electron chi connectivity index (χ4n) is 2.62. The maximum atomic E-state index is 5.78. The molecule has 19 heavy (non-hydrogen) atoms. The van der Waals surface area contributed by atoms with E-state index < -0.39 is 0 Å². The minimum atomic E-state index is 0.186. The number of rotatable bonds is 6. The minimum absolute atomic E-state index is 0.186. The van der Waals surface area contributed by atoms with Crippen molar-refractivity contribution in [1.29, 1.82) is 0 Å². The molecule has 0 amide bonds. The van der Waals surface area contributed by atoms with Gasteiger partial charge in [0.05, 0.1) is 12.7 Å². The van der Waals surface area contributed by atoms with Crippen molar-refractivity contribution < 1.29 is 9.47 Å². The normalized spacial score (nSPS) is 16.8. The second kappa shape index (κ2) is 6.73. The van der Waals surface area contributed by atoms with Gasteiger partial charge >= 0.3 is 0 Å². The lowest BCUT2D eigenvalue weighted by atomic mass is 9.99. The molecule has 1 heterocycles. The molecule has 0 radical (unpaired) electrons. The summed E-state index contributed by atoms with van der Waals surface area (Å²) in [7, 11) is 1.99. The summed E-state index contributed by atoms with van der Waals surface area (Å²) in [6, 6.07) is 4.61. The highest BCUT2D eigenvalue weighted by molar-refractivity contribution is 9.10. The van der Waals surface area contributed by atoms with Crippen molar-refractivity contribution in [3.8, 4) is 5.75 Å². The highest BCUT2D eigenvalue weighted by Crippen LogP contribution is 2.34. The van der Waals surface area contributed by atoms with Crippen LogP contribution in [0.15, 0.2) is 16.6 Å². The summed E-state index contributed by atoms with van der Waals surface area (Å²) in [6.45, 7) is 5.68. The Morgan fingerprint density at radius 3 is 2.95 bits per heavy atom. The summed E-state index contributed by atoms with van der Waals surface area (Å²) in [5.41, 5.74) is 2.57. The van der Waals surface area contributed by atoms with Gasteiger partial charge in [0.2, 0.25) is 0 Å². The Bertz CT molecular complexity index is 436. The zero-order chi connectivity index (χ0) is 13.8. The summed E-state index contributed by atoms with van der Waals surface area (Å²) >= 11 is 3.59. The average molecular weight is 328 g/mol. The van der Waals surface area contributed by atoms with Crippen LogP contribution in [0.3, 0.4) is 0 Å². The molecule has 0 spiro atoms. The number of nitrogens with one attached hydrogen (secondary N) is 1. The third-order valence-electron chi connectivity index (χ3n) is 3.63. The first-order chi connectivity index (χ1) is 9.15. The number of halogens is 1. The molecule has 1 aromatic rings. The molecule has 2 rings (SSSR count). The summed E-state index contributed by atoms with van der Waals surface area (Å²) in [4.78, 5) is 0. The molecule has 0 saturated carbocycles. The topological polar surface area (TPSA) is 30.5 Å². The Balaban J connectivity index is 2.18. The molecule has 0 fully saturated rings. The fourth-order valence-corrected chi connectivity index (χ4v) is 3.17. The number of hydrogen-bond donors (Lipinski definition) is 1. The van der Waals surface area contributed by atoms with Gasteiger partial charge in [0.25, 0.3) is 0 Å². The van der Waals surface area contributed by atoms with Crippen LogP contribution >= 0.6 is 15.9 Å². The lowest BCUT2D eigenvalue weighted by Gasteiger charge is -2.24. The van der Waals surface area contributed by atoms with Crippen molar-refractivity contribution in [3.63, 3.8) is 0 Å². The summed E-state index contributed by atoms with van der Waals surface area (Å²) < 4.78 is 12.6. The van der Waals surface area contributed by atoms with Gasteiger partial charge in [-0.15, -0.1) is 0 Å². The molecule has 2 unspecified atom stereocenters. The summed E-state index contributed by atoms with van der Waals surface area (Å²) in [5, 5.41) is 3.35. The molecular formula is C15H22BrNO2. The molecule has 0 saturated heterocycles. The Kier molecular flexibility index (Phi) is 5.25. The smallest absolute Gasteiger partial charge is 0.125 e. The van der Waals surface area contributed by atoms with E-state index in [0.717, 1.165) is 36.3 Å². The molecule has 4 heteroatoms. The molecule has 2 atom stereocenters. The van der Waals surface area contributed by atoms with Crippen molar-refractivity contribution in [2.75, 3.05) is 20.3 Å². The largest absolute Gasteiger partial charge is 0.493 e. The van der Waals surface area contributed by atoms with Crippen molar-refractivity contribution in [2.45, 2.75) is 38.8 Å². The fraction of sp³-hybridized carbons (Fsp3) is 0.600. The van der Waals surface area contributed by atoms with E-state index in [2.05, 4.69) is 40.3 Å². The molecule has 3 nitrogen and oxygen atoms in total. The lowest BCUT2D eigenvalue weighted by Crippen LogP contribution is -2.39. The van der Waals surface area contributed by atoms with Gasteiger partial charge in [-0.1, -0.05) is 15.9 Å². The van der Waals surface area contributed by atoms with Crippen LogP contribution in [0.4, 0.5) is 0 Å². The van der Waals surface area contributed by atoms with E-state index in [0.29, 0.717) is 6.04 Å². The van der Waals surface area contributed by atoms with Crippen LogP contribution in [0.2, 0.25) is 0 Å². The SMILES string of the molecule is CCOC(C)C(Cc1cc(Br)cc2c1OCC2)NC. The Hall–Kier alpha value is -0.580. The highest BCUT2D eigenvalue weighted by Gasteiger charge is 2.22.